The smallest absolute Gasteiger partial charge is 0.258 e. The van der Waals surface area contributed by atoms with Gasteiger partial charge in [-0.1, -0.05) is 6.07 Å². The number of rotatable bonds is 7. The van der Waals surface area contributed by atoms with E-state index in [-0.39, 0.29) is 12.5 Å². The fourth-order valence-electron chi connectivity index (χ4n) is 1.58. The standard InChI is InChI=1S/C14H21NO4/c1-10-8-12(11(2)16)4-5-13(10)19-9-14(17)15-6-7-18-3/h4-5,8,11,16H,6-7,9H2,1-3H3,(H,15,17)/t11-/m1/s1. The molecule has 0 aromatic heterocycles. The molecule has 5 heteroatoms. The molecule has 1 aromatic carbocycles. The summed E-state index contributed by atoms with van der Waals surface area (Å²) < 4.78 is 10.3. The molecule has 106 valence electrons. The highest BCUT2D eigenvalue weighted by Crippen LogP contribution is 2.22. The summed E-state index contributed by atoms with van der Waals surface area (Å²) in [5.74, 6) is 0.461. The van der Waals surface area contributed by atoms with Crippen LogP contribution < -0.4 is 10.1 Å². The molecule has 19 heavy (non-hydrogen) atoms. The Bertz CT molecular complexity index is 418. The summed E-state index contributed by atoms with van der Waals surface area (Å²) in [6.45, 7) is 4.51. The SMILES string of the molecule is COCCNC(=O)COc1ccc([C@@H](C)O)cc1C. The third-order valence-corrected chi connectivity index (χ3v) is 2.67. The minimum Gasteiger partial charge on any atom is -0.484 e. The summed E-state index contributed by atoms with van der Waals surface area (Å²) in [6.07, 6.45) is -0.509. The Morgan fingerprint density at radius 2 is 2.21 bits per heavy atom. The second kappa shape index (κ2) is 7.76. The highest BCUT2D eigenvalue weighted by molar-refractivity contribution is 5.77. The number of aliphatic hydroxyl groups is 1. The number of nitrogens with one attached hydrogen (secondary N) is 1. The van der Waals surface area contributed by atoms with Crippen LogP contribution in [0.2, 0.25) is 0 Å². The number of carbonyl (C=O) groups excluding carboxylic acids is 1. The van der Waals surface area contributed by atoms with Crippen LogP contribution in [-0.4, -0.2) is 37.9 Å². The third-order valence-electron chi connectivity index (χ3n) is 2.67. The van der Waals surface area contributed by atoms with E-state index >= 15 is 0 Å². The number of amides is 1. The van der Waals surface area contributed by atoms with Crippen molar-refractivity contribution >= 4 is 5.91 Å². The number of ether oxygens (including phenoxy) is 2. The number of methoxy groups -OCH3 is 1. The zero-order valence-corrected chi connectivity index (χ0v) is 11.6. The summed E-state index contributed by atoms with van der Waals surface area (Å²) in [5, 5.41) is 12.1. The minimum atomic E-state index is -0.509. The van der Waals surface area contributed by atoms with Gasteiger partial charge in [-0.05, 0) is 37.1 Å². The molecule has 0 bridgehead atoms. The molecular weight excluding hydrogens is 246 g/mol. The average molecular weight is 267 g/mol. The summed E-state index contributed by atoms with van der Waals surface area (Å²) in [7, 11) is 1.58. The van der Waals surface area contributed by atoms with E-state index in [1.54, 1.807) is 26.2 Å². The highest BCUT2D eigenvalue weighted by atomic mass is 16.5. The van der Waals surface area contributed by atoms with Gasteiger partial charge in [-0.2, -0.15) is 0 Å². The molecular formula is C14H21NO4. The Hall–Kier alpha value is -1.59. The van der Waals surface area contributed by atoms with Gasteiger partial charge in [-0.25, -0.2) is 0 Å². The first-order valence-corrected chi connectivity index (χ1v) is 6.21. The maximum Gasteiger partial charge on any atom is 0.258 e. The van der Waals surface area contributed by atoms with Crippen LogP contribution in [0.5, 0.6) is 5.75 Å². The Morgan fingerprint density at radius 3 is 2.79 bits per heavy atom. The Balaban J connectivity index is 2.47. The Labute approximate surface area is 113 Å². The Kier molecular flexibility index (Phi) is 6.32. The molecule has 0 saturated carbocycles. The van der Waals surface area contributed by atoms with Crippen LogP contribution in [0.15, 0.2) is 18.2 Å². The van der Waals surface area contributed by atoms with E-state index in [1.165, 1.54) is 0 Å². The van der Waals surface area contributed by atoms with Gasteiger partial charge in [0, 0.05) is 13.7 Å². The van der Waals surface area contributed by atoms with E-state index in [1.807, 2.05) is 13.0 Å². The highest BCUT2D eigenvalue weighted by Gasteiger charge is 2.07. The van der Waals surface area contributed by atoms with E-state index in [4.69, 9.17) is 9.47 Å². The molecule has 0 spiro atoms. The molecule has 0 fully saturated rings. The maximum atomic E-state index is 11.4. The van der Waals surface area contributed by atoms with Crippen LogP contribution in [0.1, 0.15) is 24.2 Å². The average Bonchev–Trinajstić information content (AvgIpc) is 2.37. The van der Waals surface area contributed by atoms with Gasteiger partial charge in [0.1, 0.15) is 5.75 Å². The molecule has 2 N–H and O–H groups in total. The first-order valence-electron chi connectivity index (χ1n) is 6.21. The van der Waals surface area contributed by atoms with Crippen LogP contribution in [0, 0.1) is 6.92 Å². The Morgan fingerprint density at radius 1 is 1.47 bits per heavy atom. The monoisotopic (exact) mass is 267 g/mol. The van der Waals surface area contributed by atoms with Crippen LogP contribution in [-0.2, 0) is 9.53 Å². The topological polar surface area (TPSA) is 67.8 Å². The van der Waals surface area contributed by atoms with Gasteiger partial charge in [0.05, 0.1) is 12.7 Å². The quantitative estimate of drug-likeness (QED) is 0.728. The second-order valence-electron chi connectivity index (χ2n) is 4.33. The van der Waals surface area contributed by atoms with Crippen molar-refractivity contribution in [3.05, 3.63) is 29.3 Å². The predicted octanol–water partition coefficient (Wildman–Crippen LogP) is 1.19. The first-order chi connectivity index (χ1) is 9.04. The van der Waals surface area contributed by atoms with Gasteiger partial charge in [-0.15, -0.1) is 0 Å². The number of hydrogen-bond donors (Lipinski definition) is 2. The van der Waals surface area contributed by atoms with Gasteiger partial charge in [0.25, 0.3) is 5.91 Å². The largest absolute Gasteiger partial charge is 0.484 e. The molecule has 5 nitrogen and oxygen atoms in total. The van der Waals surface area contributed by atoms with Crippen molar-refractivity contribution in [2.75, 3.05) is 26.9 Å². The van der Waals surface area contributed by atoms with Crippen LogP contribution >= 0.6 is 0 Å². The van der Waals surface area contributed by atoms with Crippen LogP contribution in [0.3, 0.4) is 0 Å². The lowest BCUT2D eigenvalue weighted by Gasteiger charge is -2.12. The maximum absolute atomic E-state index is 11.4. The molecule has 1 amide bonds. The predicted molar refractivity (Wildman–Crippen MR) is 72.2 cm³/mol. The van der Waals surface area contributed by atoms with E-state index in [0.29, 0.717) is 18.9 Å². The molecule has 1 atom stereocenters. The van der Waals surface area contributed by atoms with E-state index < -0.39 is 6.10 Å². The van der Waals surface area contributed by atoms with Crippen molar-refractivity contribution in [2.45, 2.75) is 20.0 Å². The third kappa shape index (κ3) is 5.28. The lowest BCUT2D eigenvalue weighted by molar-refractivity contribution is -0.123. The van der Waals surface area contributed by atoms with Crippen molar-refractivity contribution in [2.24, 2.45) is 0 Å². The number of carbonyl (C=O) groups is 1. The van der Waals surface area contributed by atoms with Crippen LogP contribution in [0.4, 0.5) is 0 Å². The van der Waals surface area contributed by atoms with Crippen molar-refractivity contribution in [3.8, 4) is 5.75 Å². The van der Waals surface area contributed by atoms with Gasteiger partial charge in [-0.3, -0.25) is 4.79 Å². The number of hydrogen-bond acceptors (Lipinski definition) is 4. The number of aryl methyl sites for hydroxylation is 1. The van der Waals surface area contributed by atoms with E-state index in [0.717, 1.165) is 11.1 Å². The van der Waals surface area contributed by atoms with Gasteiger partial charge in [0.2, 0.25) is 0 Å². The molecule has 0 heterocycles. The zero-order valence-electron chi connectivity index (χ0n) is 11.6. The first kappa shape index (κ1) is 15.5. The summed E-state index contributed by atoms with van der Waals surface area (Å²) in [4.78, 5) is 11.4. The van der Waals surface area contributed by atoms with Crippen molar-refractivity contribution in [1.82, 2.24) is 5.32 Å². The molecule has 0 unspecified atom stereocenters. The minimum absolute atomic E-state index is 0.0292. The zero-order chi connectivity index (χ0) is 14.3. The fourth-order valence-corrected chi connectivity index (χ4v) is 1.58. The molecule has 0 aliphatic heterocycles. The number of benzene rings is 1. The van der Waals surface area contributed by atoms with E-state index in [2.05, 4.69) is 5.32 Å². The number of aliphatic hydroxyl groups excluding tert-OH is 1. The summed E-state index contributed by atoms with van der Waals surface area (Å²) >= 11 is 0. The molecule has 0 radical (unpaired) electrons. The lowest BCUT2D eigenvalue weighted by Crippen LogP contribution is -2.31. The van der Waals surface area contributed by atoms with Crippen molar-refractivity contribution in [1.29, 1.82) is 0 Å². The van der Waals surface area contributed by atoms with Gasteiger partial charge >= 0.3 is 0 Å². The molecule has 0 aliphatic carbocycles. The van der Waals surface area contributed by atoms with Crippen LogP contribution in [0.25, 0.3) is 0 Å². The van der Waals surface area contributed by atoms with Gasteiger partial charge in [0.15, 0.2) is 6.61 Å². The molecule has 0 saturated heterocycles. The van der Waals surface area contributed by atoms with Crippen molar-refractivity contribution in [3.63, 3.8) is 0 Å². The second-order valence-corrected chi connectivity index (χ2v) is 4.33. The molecule has 1 aromatic rings. The van der Waals surface area contributed by atoms with Crippen molar-refractivity contribution < 1.29 is 19.4 Å². The summed E-state index contributed by atoms with van der Waals surface area (Å²) in [5.41, 5.74) is 1.72. The van der Waals surface area contributed by atoms with E-state index in [9.17, 15) is 9.90 Å². The molecule has 0 aliphatic rings. The lowest BCUT2D eigenvalue weighted by atomic mass is 10.1. The summed E-state index contributed by atoms with van der Waals surface area (Å²) in [6, 6.07) is 5.40. The fraction of sp³-hybridized carbons (Fsp3) is 0.500. The van der Waals surface area contributed by atoms with Gasteiger partial charge < -0.3 is 19.9 Å². The normalized spacial score (nSPS) is 12.0. The molecule has 1 rings (SSSR count).